The van der Waals surface area contributed by atoms with Crippen molar-refractivity contribution in [2.24, 2.45) is 17.8 Å². The van der Waals surface area contributed by atoms with E-state index in [0.29, 0.717) is 11.5 Å². The van der Waals surface area contributed by atoms with Gasteiger partial charge >= 0.3 is 5.97 Å². The molecule has 0 heterocycles. The van der Waals surface area contributed by atoms with Crippen molar-refractivity contribution in [1.29, 1.82) is 5.26 Å². The van der Waals surface area contributed by atoms with E-state index in [1.54, 1.807) is 6.07 Å². The summed E-state index contributed by atoms with van der Waals surface area (Å²) in [6.07, 6.45) is 12.1. The second kappa shape index (κ2) is 11.3. The molecule has 4 rings (SSSR count). The molecule has 0 N–H and O–H groups in total. The lowest BCUT2D eigenvalue weighted by Crippen LogP contribution is -2.30. The van der Waals surface area contributed by atoms with Gasteiger partial charge in [0, 0.05) is 12.1 Å². The van der Waals surface area contributed by atoms with Crippen LogP contribution in [0.5, 0.6) is 5.75 Å². The summed E-state index contributed by atoms with van der Waals surface area (Å²) in [7, 11) is 0. The first-order valence-corrected chi connectivity index (χ1v) is 12.8. The minimum Gasteiger partial charge on any atom is -0.423 e. The number of ether oxygens (including phenoxy) is 1. The molecule has 2 aliphatic carbocycles. The number of carbonyl (C=O) groups excluding carboxylic acids is 1. The molecule has 0 aromatic heterocycles. The van der Waals surface area contributed by atoms with Gasteiger partial charge in [-0.15, -0.1) is 0 Å². The summed E-state index contributed by atoms with van der Waals surface area (Å²) >= 11 is 0. The van der Waals surface area contributed by atoms with Gasteiger partial charge in [-0.3, -0.25) is 0 Å². The van der Waals surface area contributed by atoms with Crippen molar-refractivity contribution in [2.75, 3.05) is 0 Å². The van der Waals surface area contributed by atoms with Crippen molar-refractivity contribution in [2.45, 2.75) is 77.0 Å². The molecule has 0 bridgehead atoms. The highest BCUT2D eigenvalue weighted by molar-refractivity contribution is 5.91. The minimum atomic E-state index is -1.12. The lowest BCUT2D eigenvalue weighted by atomic mass is 9.63. The van der Waals surface area contributed by atoms with Gasteiger partial charge in [0.2, 0.25) is 0 Å². The summed E-state index contributed by atoms with van der Waals surface area (Å²) in [4.78, 5) is 12.4. The molecule has 6 heteroatoms. The molecular weight excluding hydrogens is 451 g/mol. The second-order valence-electron chi connectivity index (χ2n) is 10.2. The predicted molar refractivity (Wildman–Crippen MR) is 127 cm³/mol. The van der Waals surface area contributed by atoms with Crippen LogP contribution in [0.25, 0.3) is 0 Å². The topological polar surface area (TPSA) is 50.1 Å². The number of unbranched alkanes of at least 4 members (excludes halogenated alkanes) is 2. The maximum absolute atomic E-state index is 15.1. The van der Waals surface area contributed by atoms with Crippen LogP contribution >= 0.6 is 0 Å². The molecule has 186 valence electrons. The summed E-state index contributed by atoms with van der Waals surface area (Å²) in [6, 6.07) is 7.24. The van der Waals surface area contributed by atoms with E-state index in [0.717, 1.165) is 49.3 Å². The van der Waals surface area contributed by atoms with Gasteiger partial charge in [-0.2, -0.15) is 5.26 Å². The van der Waals surface area contributed by atoms with Crippen molar-refractivity contribution in [3.05, 3.63) is 64.5 Å². The maximum Gasteiger partial charge on any atom is 0.343 e. The Bertz CT molecular complexity index is 1090. The van der Waals surface area contributed by atoms with Gasteiger partial charge in [0.15, 0.2) is 0 Å². The lowest BCUT2D eigenvalue weighted by molar-refractivity contribution is 0.0733. The molecule has 0 radical (unpaired) electrons. The molecule has 2 aliphatic rings. The molecule has 3 nitrogen and oxygen atoms in total. The molecule has 4 unspecified atom stereocenters. The summed E-state index contributed by atoms with van der Waals surface area (Å²) in [5.74, 6) is -1.61. The van der Waals surface area contributed by atoms with Gasteiger partial charge in [-0.1, -0.05) is 45.1 Å². The van der Waals surface area contributed by atoms with Gasteiger partial charge < -0.3 is 4.74 Å². The number of carbonyl (C=O) groups is 1. The Morgan fingerprint density at radius 1 is 0.971 bits per heavy atom. The van der Waals surface area contributed by atoms with Crippen molar-refractivity contribution >= 4 is 5.97 Å². The van der Waals surface area contributed by atoms with Gasteiger partial charge in [-0.05, 0) is 73.5 Å². The smallest absolute Gasteiger partial charge is 0.343 e. The third-order valence-corrected chi connectivity index (χ3v) is 7.95. The van der Waals surface area contributed by atoms with E-state index in [1.165, 1.54) is 57.1 Å². The lowest BCUT2D eigenvalue weighted by Gasteiger charge is -2.42. The Morgan fingerprint density at radius 2 is 1.69 bits per heavy atom. The Hall–Kier alpha value is -2.81. The highest BCUT2D eigenvalue weighted by Crippen LogP contribution is 2.48. The molecule has 2 aromatic rings. The third-order valence-electron chi connectivity index (χ3n) is 7.95. The Balaban J connectivity index is 1.38. The van der Waals surface area contributed by atoms with Crippen LogP contribution in [0.3, 0.4) is 0 Å². The van der Waals surface area contributed by atoms with Crippen LogP contribution in [0.1, 0.15) is 98.5 Å². The van der Waals surface area contributed by atoms with Crippen molar-refractivity contribution < 1.29 is 22.7 Å². The van der Waals surface area contributed by atoms with Crippen LogP contribution in [0.15, 0.2) is 30.3 Å². The summed E-state index contributed by atoms with van der Waals surface area (Å²) < 4.78 is 47.6. The average molecular weight is 484 g/mol. The van der Waals surface area contributed by atoms with Gasteiger partial charge in [0.25, 0.3) is 0 Å². The highest BCUT2D eigenvalue weighted by Gasteiger charge is 2.36. The van der Waals surface area contributed by atoms with E-state index >= 15 is 4.39 Å². The first-order valence-electron chi connectivity index (χ1n) is 12.8. The zero-order valence-electron chi connectivity index (χ0n) is 20.2. The predicted octanol–water partition coefficient (Wildman–Crippen LogP) is 8.08. The number of fused-ring (bicyclic) bond motifs is 1. The zero-order valence-corrected chi connectivity index (χ0v) is 20.2. The van der Waals surface area contributed by atoms with E-state index in [2.05, 4.69) is 6.92 Å². The normalized spacial score (nSPS) is 23.9. The quantitative estimate of drug-likeness (QED) is 0.227. The molecule has 0 spiro atoms. The number of hydrogen-bond donors (Lipinski definition) is 0. The molecule has 4 atom stereocenters. The van der Waals surface area contributed by atoms with Crippen LogP contribution in [-0.4, -0.2) is 5.97 Å². The second-order valence-corrected chi connectivity index (χ2v) is 10.2. The van der Waals surface area contributed by atoms with Crippen LogP contribution in [0, 0.1) is 46.5 Å². The minimum absolute atomic E-state index is 0.0299. The third kappa shape index (κ3) is 5.89. The Morgan fingerprint density at radius 3 is 2.37 bits per heavy atom. The Kier molecular flexibility index (Phi) is 8.15. The maximum atomic E-state index is 15.1. The molecule has 0 aliphatic heterocycles. The molecule has 2 aromatic carbocycles. The molecule has 2 saturated carbocycles. The van der Waals surface area contributed by atoms with Crippen LogP contribution in [-0.2, 0) is 0 Å². The van der Waals surface area contributed by atoms with E-state index in [1.807, 2.05) is 0 Å². The van der Waals surface area contributed by atoms with Crippen LogP contribution in [0.2, 0.25) is 0 Å². The van der Waals surface area contributed by atoms with Crippen molar-refractivity contribution in [3.63, 3.8) is 0 Å². The van der Waals surface area contributed by atoms with E-state index in [4.69, 9.17) is 10.00 Å². The van der Waals surface area contributed by atoms with Crippen LogP contribution in [0.4, 0.5) is 13.2 Å². The highest BCUT2D eigenvalue weighted by atomic mass is 19.1. The van der Waals surface area contributed by atoms with E-state index in [9.17, 15) is 13.6 Å². The summed E-state index contributed by atoms with van der Waals surface area (Å²) in [5, 5.41) is 8.75. The standard InChI is InChI=1S/C29H32F3NO2/c1-2-3-4-5-18-6-7-20-13-21(9-8-19(20)12-18)24-11-10-22(14-26(24)30)29(34)35-23-15-27(31)25(17-33)28(32)16-23/h10-11,14-16,18-21H,2-9,12-13H2,1H3. The summed E-state index contributed by atoms with van der Waals surface area (Å²) in [6.45, 7) is 2.24. The Labute approximate surface area is 205 Å². The first-order chi connectivity index (χ1) is 16.9. The number of nitrogens with zero attached hydrogens (tertiary/aromatic N) is 1. The fraction of sp³-hybridized carbons (Fsp3) is 0.517. The number of halogens is 3. The van der Waals surface area contributed by atoms with Gasteiger partial charge in [0.05, 0.1) is 5.56 Å². The first kappa shape index (κ1) is 25.3. The average Bonchev–Trinajstić information content (AvgIpc) is 2.83. The number of rotatable bonds is 7. The monoisotopic (exact) mass is 483 g/mol. The number of nitriles is 1. The van der Waals surface area contributed by atoms with E-state index in [-0.39, 0.29) is 17.2 Å². The number of hydrogen-bond acceptors (Lipinski definition) is 3. The van der Waals surface area contributed by atoms with Crippen molar-refractivity contribution in [1.82, 2.24) is 0 Å². The molecular formula is C29H32F3NO2. The van der Waals surface area contributed by atoms with Gasteiger partial charge in [-0.25, -0.2) is 18.0 Å². The SMILES string of the molecule is CCCCCC1CCC2CC(c3ccc(C(=O)Oc4cc(F)c(C#N)c(F)c4)cc3F)CCC2C1. The van der Waals surface area contributed by atoms with Gasteiger partial charge in [0.1, 0.15) is 34.8 Å². The zero-order chi connectivity index (χ0) is 24.9. The largest absolute Gasteiger partial charge is 0.423 e. The fourth-order valence-corrected chi connectivity index (χ4v) is 6.08. The fourth-order valence-electron chi connectivity index (χ4n) is 6.08. The molecule has 0 saturated heterocycles. The molecule has 35 heavy (non-hydrogen) atoms. The summed E-state index contributed by atoms with van der Waals surface area (Å²) in [5.41, 5.74) is -0.155. The van der Waals surface area contributed by atoms with Crippen molar-refractivity contribution in [3.8, 4) is 11.8 Å². The molecule has 0 amide bonds. The van der Waals surface area contributed by atoms with Crippen LogP contribution < -0.4 is 4.74 Å². The number of benzene rings is 2. The number of esters is 1. The van der Waals surface area contributed by atoms with E-state index < -0.39 is 29.0 Å². The molecule has 2 fully saturated rings.